The van der Waals surface area contributed by atoms with E-state index in [4.69, 9.17) is 6.42 Å². The largest absolute Gasteiger partial charge is 0.273 e. The Morgan fingerprint density at radius 1 is 1.62 bits per heavy atom. The number of aryl methyl sites for hydroxylation is 2. The summed E-state index contributed by atoms with van der Waals surface area (Å²) >= 11 is 0. The zero-order valence-electron chi connectivity index (χ0n) is 9.86. The number of terminal acetylenes is 1. The first-order valence-electron chi connectivity index (χ1n) is 4.97. The van der Waals surface area contributed by atoms with Gasteiger partial charge in [0, 0.05) is 25.6 Å². The second-order valence-electron chi connectivity index (χ2n) is 3.39. The predicted octanol–water partition coefficient (Wildman–Crippen LogP) is 2.70. The lowest BCUT2D eigenvalue weighted by atomic mass is 10.2. The number of hydrogen-bond acceptors (Lipinski definition) is 2. The second-order valence-corrected chi connectivity index (χ2v) is 3.39. The Morgan fingerprint density at radius 3 is 2.81 bits per heavy atom. The molecular formula is C13H17N3. The van der Waals surface area contributed by atoms with Crippen molar-refractivity contribution in [1.82, 2.24) is 14.8 Å². The van der Waals surface area contributed by atoms with E-state index in [2.05, 4.69) is 22.6 Å². The molecule has 0 radical (unpaired) electrons. The molecule has 2 aromatic heterocycles. The number of nitrogens with zero attached hydrogens (tertiary/aromatic N) is 3. The van der Waals surface area contributed by atoms with E-state index < -0.39 is 0 Å². The Morgan fingerprint density at radius 2 is 2.25 bits per heavy atom. The summed E-state index contributed by atoms with van der Waals surface area (Å²) in [5.41, 5.74) is 2.44. The molecule has 0 fully saturated rings. The van der Waals surface area contributed by atoms with Gasteiger partial charge in [0.1, 0.15) is 0 Å². The molecule has 0 aliphatic heterocycles. The Bertz CT molecular complexity index is 550. The molecule has 0 N–H and O–H groups in total. The van der Waals surface area contributed by atoms with E-state index in [0.717, 1.165) is 22.3 Å². The summed E-state index contributed by atoms with van der Waals surface area (Å²) < 4.78 is 1.73. The van der Waals surface area contributed by atoms with E-state index >= 15 is 0 Å². The number of aromatic nitrogens is 3. The number of allylic oxidation sites excluding steroid dienone is 1. The molecule has 0 spiro atoms. The third kappa shape index (κ3) is 2.48. The van der Waals surface area contributed by atoms with Gasteiger partial charge in [-0.3, -0.25) is 4.68 Å². The van der Waals surface area contributed by atoms with Gasteiger partial charge in [-0.25, -0.2) is 4.98 Å². The SMILES string of the molecule is C#Cc1cc2cn(C)nc2nc1C.C=CC.[HH]. The van der Waals surface area contributed by atoms with Crippen LogP contribution in [0.1, 0.15) is 19.6 Å². The van der Waals surface area contributed by atoms with E-state index in [1.54, 1.807) is 10.8 Å². The van der Waals surface area contributed by atoms with E-state index in [9.17, 15) is 0 Å². The number of fused-ring (bicyclic) bond motifs is 1. The Kier molecular flexibility index (Phi) is 3.84. The first-order chi connectivity index (χ1) is 7.62. The summed E-state index contributed by atoms with van der Waals surface area (Å²) in [5.74, 6) is 2.60. The molecule has 16 heavy (non-hydrogen) atoms. The maximum Gasteiger partial charge on any atom is 0.181 e. The van der Waals surface area contributed by atoms with Gasteiger partial charge in [-0.2, -0.15) is 5.10 Å². The van der Waals surface area contributed by atoms with Gasteiger partial charge in [0.25, 0.3) is 0 Å². The van der Waals surface area contributed by atoms with Crippen molar-refractivity contribution in [2.75, 3.05) is 0 Å². The van der Waals surface area contributed by atoms with E-state index in [1.807, 2.05) is 33.2 Å². The maximum atomic E-state index is 5.33. The Hall–Kier alpha value is -2.08. The smallest absolute Gasteiger partial charge is 0.181 e. The van der Waals surface area contributed by atoms with Crippen molar-refractivity contribution >= 4 is 11.0 Å². The fourth-order valence-corrected chi connectivity index (χ4v) is 1.31. The van der Waals surface area contributed by atoms with Crippen molar-refractivity contribution in [1.29, 1.82) is 0 Å². The summed E-state index contributed by atoms with van der Waals surface area (Å²) in [6.45, 7) is 7.14. The fourth-order valence-electron chi connectivity index (χ4n) is 1.31. The molecule has 0 saturated carbocycles. The van der Waals surface area contributed by atoms with Crippen LogP contribution in [0, 0.1) is 19.3 Å². The summed E-state index contributed by atoms with van der Waals surface area (Å²) in [6.07, 6.45) is 8.99. The van der Waals surface area contributed by atoms with Crippen molar-refractivity contribution in [2.45, 2.75) is 13.8 Å². The van der Waals surface area contributed by atoms with Crippen LogP contribution < -0.4 is 0 Å². The third-order valence-corrected chi connectivity index (χ3v) is 1.96. The number of pyridine rings is 1. The quantitative estimate of drug-likeness (QED) is 0.499. The first-order valence-corrected chi connectivity index (χ1v) is 4.97. The van der Waals surface area contributed by atoms with Gasteiger partial charge in [0.05, 0.1) is 5.69 Å². The molecule has 0 aliphatic rings. The van der Waals surface area contributed by atoms with Crippen LogP contribution in [0.15, 0.2) is 24.9 Å². The minimum Gasteiger partial charge on any atom is -0.273 e. The third-order valence-electron chi connectivity index (χ3n) is 1.96. The van der Waals surface area contributed by atoms with Gasteiger partial charge in [-0.1, -0.05) is 12.0 Å². The molecule has 2 rings (SSSR count). The van der Waals surface area contributed by atoms with Crippen molar-refractivity contribution in [3.8, 4) is 12.3 Å². The normalized spacial score (nSPS) is 9.12. The van der Waals surface area contributed by atoms with Crippen molar-refractivity contribution in [3.63, 3.8) is 0 Å². The standard InChI is InChI=1S/C10H9N3.C3H6.H2/c1-4-8-5-9-6-13(3)12-10(9)11-7(8)2;1-3-2;/h1,5-6H,2-3H3;3H,1H2,2H3;1H. The topological polar surface area (TPSA) is 30.7 Å². The zero-order chi connectivity index (χ0) is 12.1. The van der Waals surface area contributed by atoms with Gasteiger partial charge < -0.3 is 0 Å². The van der Waals surface area contributed by atoms with Crippen LogP contribution in [0.2, 0.25) is 0 Å². The molecule has 84 valence electrons. The molecule has 3 heteroatoms. The molecular weight excluding hydrogens is 198 g/mol. The summed E-state index contributed by atoms with van der Waals surface area (Å²) in [5, 5.41) is 5.17. The highest BCUT2D eigenvalue weighted by Crippen LogP contribution is 2.13. The fraction of sp³-hybridized carbons (Fsp3) is 0.231. The van der Waals surface area contributed by atoms with Gasteiger partial charge in [-0.05, 0) is 19.9 Å². The molecule has 0 atom stereocenters. The lowest BCUT2D eigenvalue weighted by Crippen LogP contribution is -1.89. The number of rotatable bonds is 0. The molecule has 3 nitrogen and oxygen atoms in total. The molecule has 0 aromatic carbocycles. The highest BCUT2D eigenvalue weighted by atomic mass is 15.3. The van der Waals surface area contributed by atoms with Crippen molar-refractivity contribution in [2.24, 2.45) is 7.05 Å². The molecule has 0 amide bonds. The van der Waals surface area contributed by atoms with E-state index in [-0.39, 0.29) is 1.43 Å². The molecule has 0 saturated heterocycles. The number of hydrogen-bond donors (Lipinski definition) is 0. The first kappa shape index (κ1) is 12.0. The molecule has 0 unspecified atom stereocenters. The van der Waals surface area contributed by atoms with Crippen LogP contribution in [0.3, 0.4) is 0 Å². The van der Waals surface area contributed by atoms with Crippen molar-refractivity contribution < 1.29 is 1.43 Å². The van der Waals surface area contributed by atoms with Gasteiger partial charge in [-0.15, -0.1) is 13.0 Å². The van der Waals surface area contributed by atoms with Gasteiger partial charge in [0.2, 0.25) is 0 Å². The second kappa shape index (κ2) is 5.13. The van der Waals surface area contributed by atoms with Crippen LogP contribution in [0.4, 0.5) is 0 Å². The maximum absolute atomic E-state index is 5.33. The molecule has 2 heterocycles. The van der Waals surface area contributed by atoms with E-state index in [0.29, 0.717) is 0 Å². The summed E-state index contributed by atoms with van der Waals surface area (Å²) in [4.78, 5) is 4.29. The highest BCUT2D eigenvalue weighted by molar-refractivity contribution is 5.76. The van der Waals surface area contributed by atoms with Crippen LogP contribution in [0.25, 0.3) is 11.0 Å². The van der Waals surface area contributed by atoms with Crippen LogP contribution in [-0.2, 0) is 7.05 Å². The monoisotopic (exact) mass is 215 g/mol. The van der Waals surface area contributed by atoms with Gasteiger partial charge in [0.15, 0.2) is 5.65 Å². The minimum atomic E-state index is 0. The zero-order valence-corrected chi connectivity index (χ0v) is 9.86. The molecule has 2 aromatic rings. The molecule has 0 aliphatic carbocycles. The average molecular weight is 215 g/mol. The molecule has 0 bridgehead atoms. The van der Waals surface area contributed by atoms with Crippen molar-refractivity contribution in [3.05, 3.63) is 36.2 Å². The Balaban J connectivity index is 0.000000583. The highest BCUT2D eigenvalue weighted by Gasteiger charge is 2.03. The average Bonchev–Trinajstić information content (AvgIpc) is 2.57. The van der Waals surface area contributed by atoms with Crippen LogP contribution >= 0.6 is 0 Å². The van der Waals surface area contributed by atoms with Crippen LogP contribution in [-0.4, -0.2) is 14.8 Å². The minimum absolute atomic E-state index is 0. The predicted molar refractivity (Wildman–Crippen MR) is 69.2 cm³/mol. The lowest BCUT2D eigenvalue weighted by Gasteiger charge is -1.95. The Labute approximate surface area is 97.3 Å². The van der Waals surface area contributed by atoms with E-state index in [1.165, 1.54) is 0 Å². The van der Waals surface area contributed by atoms with Gasteiger partial charge >= 0.3 is 0 Å². The lowest BCUT2D eigenvalue weighted by molar-refractivity contribution is 0.775. The summed E-state index contributed by atoms with van der Waals surface area (Å²) in [6, 6.07) is 1.94. The summed E-state index contributed by atoms with van der Waals surface area (Å²) in [7, 11) is 1.87. The van der Waals surface area contributed by atoms with Crippen LogP contribution in [0.5, 0.6) is 0 Å².